The van der Waals surface area contributed by atoms with Crippen molar-refractivity contribution >= 4 is 37.4 Å². The zero-order valence-electron chi connectivity index (χ0n) is 25.2. The van der Waals surface area contributed by atoms with Crippen LogP contribution in [0.25, 0.3) is 70.6 Å². The predicted octanol–water partition coefficient (Wildman–Crippen LogP) is 10.8. The van der Waals surface area contributed by atoms with Gasteiger partial charge in [0.25, 0.3) is 0 Å². The zero-order valence-corrected chi connectivity index (χ0v) is 26.0. The van der Waals surface area contributed by atoms with E-state index in [-0.39, 0.29) is 0 Å². The lowest BCUT2D eigenvalue weighted by Crippen LogP contribution is -2.26. The highest BCUT2D eigenvalue weighted by Gasteiger charge is 2.51. The Kier molecular flexibility index (Phi) is 4.92. The van der Waals surface area contributed by atoms with E-state index < -0.39 is 5.41 Å². The van der Waals surface area contributed by atoms with E-state index in [1.165, 1.54) is 81.7 Å². The molecule has 1 spiro atoms. The third-order valence-electron chi connectivity index (χ3n) is 10.4. The lowest BCUT2D eigenvalue weighted by molar-refractivity contribution is 0.794. The maximum absolute atomic E-state index is 5.03. The van der Waals surface area contributed by atoms with Crippen LogP contribution in [0.2, 0.25) is 0 Å². The lowest BCUT2D eigenvalue weighted by Gasteiger charge is -2.31. The smallest absolute Gasteiger partial charge is 0.138 e. The van der Waals surface area contributed by atoms with Gasteiger partial charge < -0.3 is 0 Å². The number of hydrogen-bond acceptors (Lipinski definition) is 3. The molecule has 9 aromatic rings. The second kappa shape index (κ2) is 9.12. The van der Waals surface area contributed by atoms with E-state index >= 15 is 0 Å². The standard InChI is InChI=1S/C43H25N3S/c1-4-10-35-30(7-1)31-8-2-5-11-36(31)43(35)37-23-27(26-19-21-44-22-20-26)13-16-32(37)33-17-14-28(24-38(33)43)29-15-18-40-45-41-34-9-3-6-12-39(34)47-42(41)46(40)25-29/h1-25H. The highest BCUT2D eigenvalue weighted by atomic mass is 32.1. The molecule has 0 aliphatic heterocycles. The zero-order chi connectivity index (χ0) is 30.7. The van der Waals surface area contributed by atoms with E-state index in [0.717, 1.165) is 11.2 Å². The molecule has 2 aliphatic rings. The predicted molar refractivity (Wildman–Crippen MR) is 193 cm³/mol. The molecule has 0 saturated heterocycles. The molecule has 5 aromatic carbocycles. The van der Waals surface area contributed by atoms with Gasteiger partial charge in [-0.25, -0.2) is 4.98 Å². The topological polar surface area (TPSA) is 30.2 Å². The van der Waals surface area contributed by atoms with Crippen molar-refractivity contribution in [1.29, 1.82) is 0 Å². The number of pyridine rings is 2. The van der Waals surface area contributed by atoms with Gasteiger partial charge in [0.2, 0.25) is 0 Å². The number of imidazole rings is 1. The Bertz CT molecular complexity index is 2710. The Labute approximate surface area is 275 Å². The first-order valence-electron chi connectivity index (χ1n) is 16.0. The number of hydrogen-bond donors (Lipinski definition) is 0. The van der Waals surface area contributed by atoms with Gasteiger partial charge in [-0.1, -0.05) is 91.0 Å². The van der Waals surface area contributed by atoms with Crippen molar-refractivity contribution in [2.45, 2.75) is 5.41 Å². The van der Waals surface area contributed by atoms with Crippen molar-refractivity contribution in [3.63, 3.8) is 0 Å². The molecule has 2 aliphatic carbocycles. The van der Waals surface area contributed by atoms with Crippen LogP contribution in [0.3, 0.4) is 0 Å². The first kappa shape index (κ1) is 25.4. The van der Waals surface area contributed by atoms with Crippen LogP contribution in [0, 0.1) is 0 Å². The normalized spacial score (nSPS) is 13.7. The molecule has 218 valence electrons. The average molecular weight is 616 g/mol. The summed E-state index contributed by atoms with van der Waals surface area (Å²) in [6.45, 7) is 0. The minimum atomic E-state index is -0.422. The summed E-state index contributed by atoms with van der Waals surface area (Å²) in [6.07, 6.45) is 6.03. The number of aromatic nitrogens is 3. The summed E-state index contributed by atoms with van der Waals surface area (Å²) in [5.74, 6) is 0. The Hall–Kier alpha value is -5.84. The fourth-order valence-corrected chi connectivity index (χ4v) is 9.49. The van der Waals surface area contributed by atoms with Crippen molar-refractivity contribution in [3.8, 4) is 44.5 Å². The van der Waals surface area contributed by atoms with E-state index in [4.69, 9.17) is 4.98 Å². The molecule has 0 amide bonds. The quantitative estimate of drug-likeness (QED) is 0.194. The lowest BCUT2D eigenvalue weighted by atomic mass is 9.70. The van der Waals surface area contributed by atoms with E-state index in [2.05, 4.69) is 149 Å². The minimum absolute atomic E-state index is 0.422. The maximum atomic E-state index is 5.03. The second-order valence-electron chi connectivity index (χ2n) is 12.6. The number of benzene rings is 5. The van der Waals surface area contributed by atoms with E-state index in [1.54, 1.807) is 0 Å². The highest BCUT2D eigenvalue weighted by Crippen LogP contribution is 2.63. The molecular weight excluding hydrogens is 591 g/mol. The Morgan fingerprint density at radius 3 is 1.83 bits per heavy atom. The van der Waals surface area contributed by atoms with E-state index in [9.17, 15) is 0 Å². The molecule has 4 aromatic heterocycles. The van der Waals surface area contributed by atoms with Crippen molar-refractivity contribution in [3.05, 3.63) is 174 Å². The monoisotopic (exact) mass is 615 g/mol. The highest BCUT2D eigenvalue weighted by molar-refractivity contribution is 7.25. The van der Waals surface area contributed by atoms with Crippen molar-refractivity contribution in [2.24, 2.45) is 0 Å². The van der Waals surface area contributed by atoms with Crippen LogP contribution < -0.4 is 0 Å². The van der Waals surface area contributed by atoms with Gasteiger partial charge >= 0.3 is 0 Å². The molecule has 0 saturated carbocycles. The average Bonchev–Trinajstić information content (AvgIpc) is 3.85. The van der Waals surface area contributed by atoms with Gasteiger partial charge in [0.1, 0.15) is 16.0 Å². The molecular formula is C43H25N3S. The number of nitrogens with zero attached hydrogens (tertiary/aromatic N) is 3. The molecule has 0 N–H and O–H groups in total. The summed E-state index contributed by atoms with van der Waals surface area (Å²) in [4.78, 5) is 10.5. The van der Waals surface area contributed by atoms with Crippen LogP contribution in [0.4, 0.5) is 0 Å². The van der Waals surface area contributed by atoms with Crippen molar-refractivity contribution in [2.75, 3.05) is 0 Å². The SMILES string of the molecule is c1ccc2c(c1)-c1ccccc1C21c2cc(-c3ccncc3)ccc2-c2ccc(-c3ccc4nc5c6ccccc6sc5n4c3)cc21. The third-order valence-corrected chi connectivity index (χ3v) is 11.5. The van der Waals surface area contributed by atoms with Crippen LogP contribution in [-0.2, 0) is 5.41 Å². The first-order valence-corrected chi connectivity index (χ1v) is 16.8. The van der Waals surface area contributed by atoms with Gasteiger partial charge in [0, 0.05) is 28.7 Å². The molecule has 11 rings (SSSR count). The fourth-order valence-electron chi connectivity index (χ4n) is 8.36. The Morgan fingerprint density at radius 1 is 0.511 bits per heavy atom. The van der Waals surface area contributed by atoms with Crippen LogP contribution in [0.1, 0.15) is 22.3 Å². The summed E-state index contributed by atoms with van der Waals surface area (Å²) >= 11 is 1.81. The van der Waals surface area contributed by atoms with Crippen molar-refractivity contribution in [1.82, 2.24) is 14.4 Å². The molecule has 47 heavy (non-hydrogen) atoms. The summed E-state index contributed by atoms with van der Waals surface area (Å²) in [6, 6.07) is 49.3. The van der Waals surface area contributed by atoms with Gasteiger partial charge in [-0.3, -0.25) is 9.38 Å². The number of thiophene rings is 1. The number of fused-ring (bicyclic) bond motifs is 15. The molecule has 0 bridgehead atoms. The van der Waals surface area contributed by atoms with Gasteiger partial charge in [-0.05, 0) is 109 Å². The van der Waals surface area contributed by atoms with Crippen LogP contribution >= 0.6 is 11.3 Å². The molecule has 0 radical (unpaired) electrons. The molecule has 4 heterocycles. The maximum Gasteiger partial charge on any atom is 0.138 e. The minimum Gasteiger partial charge on any atom is -0.290 e. The van der Waals surface area contributed by atoms with Gasteiger partial charge in [0.15, 0.2) is 0 Å². The van der Waals surface area contributed by atoms with E-state index in [1.807, 2.05) is 23.7 Å². The largest absolute Gasteiger partial charge is 0.290 e. The van der Waals surface area contributed by atoms with Gasteiger partial charge in [0.05, 0.1) is 5.41 Å². The Morgan fingerprint density at radius 2 is 1.11 bits per heavy atom. The molecule has 0 atom stereocenters. The van der Waals surface area contributed by atoms with Crippen LogP contribution in [0.15, 0.2) is 152 Å². The Balaban J connectivity index is 1.18. The molecule has 0 fully saturated rings. The fraction of sp³-hybridized carbons (Fsp3) is 0.0233. The second-order valence-corrected chi connectivity index (χ2v) is 13.6. The summed E-state index contributed by atoms with van der Waals surface area (Å²) in [5, 5.41) is 1.22. The number of rotatable bonds is 2. The summed E-state index contributed by atoms with van der Waals surface area (Å²) in [5.41, 5.74) is 17.0. The molecule has 3 nitrogen and oxygen atoms in total. The van der Waals surface area contributed by atoms with Crippen LogP contribution in [0.5, 0.6) is 0 Å². The van der Waals surface area contributed by atoms with Gasteiger partial charge in [-0.2, -0.15) is 0 Å². The van der Waals surface area contributed by atoms with Gasteiger partial charge in [-0.15, -0.1) is 11.3 Å². The summed E-state index contributed by atoms with van der Waals surface area (Å²) in [7, 11) is 0. The molecule has 4 heteroatoms. The van der Waals surface area contributed by atoms with Crippen LogP contribution in [-0.4, -0.2) is 14.4 Å². The first-order chi connectivity index (χ1) is 23.3. The third kappa shape index (κ3) is 3.25. The van der Waals surface area contributed by atoms with Crippen molar-refractivity contribution < 1.29 is 0 Å². The molecule has 0 unspecified atom stereocenters. The summed E-state index contributed by atoms with van der Waals surface area (Å²) < 4.78 is 3.54. The van der Waals surface area contributed by atoms with E-state index in [0.29, 0.717) is 0 Å².